The molecule has 0 radical (unpaired) electrons. The molecule has 0 N–H and O–H groups in total. The van der Waals surface area contributed by atoms with Crippen molar-refractivity contribution in [3.63, 3.8) is 0 Å². The highest BCUT2D eigenvalue weighted by atomic mass is 16.3. The summed E-state index contributed by atoms with van der Waals surface area (Å²) in [6, 6.07) is 78.6. The fraction of sp³-hybridized carbons (Fsp3) is 0. The van der Waals surface area contributed by atoms with Gasteiger partial charge in [-0.25, -0.2) is 15.0 Å². The molecule has 0 spiro atoms. The molecule has 0 amide bonds. The molecule has 0 bridgehead atoms. The number of furan rings is 1. The Balaban J connectivity index is 0.980. The summed E-state index contributed by atoms with van der Waals surface area (Å²) in [5.41, 5.74) is 16.2. The maximum Gasteiger partial charge on any atom is 0.160 e. The third-order valence-electron chi connectivity index (χ3n) is 12.1. The Morgan fingerprint density at radius 1 is 0.302 bits per heavy atom. The van der Waals surface area contributed by atoms with E-state index in [9.17, 15) is 0 Å². The van der Waals surface area contributed by atoms with Crippen molar-refractivity contribution in [3.8, 4) is 78.5 Å². The first-order chi connectivity index (χ1) is 31.2. The molecule has 0 aliphatic rings. The molecule has 0 aliphatic heterocycles. The summed E-state index contributed by atoms with van der Waals surface area (Å²) in [6.07, 6.45) is 0. The van der Waals surface area contributed by atoms with Crippen LogP contribution >= 0.6 is 0 Å². The molecule has 0 aliphatic carbocycles. The first-order valence-electron chi connectivity index (χ1n) is 21.3. The molecule has 0 saturated carbocycles. The minimum Gasteiger partial charge on any atom is -0.456 e. The van der Waals surface area contributed by atoms with E-state index in [0.717, 1.165) is 89.0 Å². The molecular weight excluding hydrogens is 767 g/mol. The van der Waals surface area contributed by atoms with Gasteiger partial charge in [0.15, 0.2) is 5.82 Å². The largest absolute Gasteiger partial charge is 0.456 e. The third-order valence-corrected chi connectivity index (χ3v) is 12.1. The Kier molecular flexibility index (Phi) is 8.79. The van der Waals surface area contributed by atoms with Crippen molar-refractivity contribution in [3.05, 3.63) is 224 Å². The zero-order chi connectivity index (χ0) is 41.7. The Hall–Kier alpha value is -8.47. The van der Waals surface area contributed by atoms with Gasteiger partial charge in [0.1, 0.15) is 11.2 Å². The van der Waals surface area contributed by atoms with Gasteiger partial charge < -0.3 is 4.42 Å². The maximum absolute atomic E-state index is 6.47. The van der Waals surface area contributed by atoms with E-state index >= 15 is 0 Å². The Bertz CT molecular complexity index is 3580. The molecule has 0 fully saturated rings. The second-order valence-electron chi connectivity index (χ2n) is 15.9. The van der Waals surface area contributed by atoms with Crippen molar-refractivity contribution in [2.24, 2.45) is 0 Å². The fourth-order valence-electron chi connectivity index (χ4n) is 9.05. The van der Waals surface area contributed by atoms with E-state index in [1.807, 2.05) is 48.5 Å². The highest BCUT2D eigenvalue weighted by Crippen LogP contribution is 2.44. The van der Waals surface area contributed by atoms with Gasteiger partial charge in [-0.1, -0.05) is 194 Å². The Morgan fingerprint density at radius 2 is 0.825 bits per heavy atom. The summed E-state index contributed by atoms with van der Waals surface area (Å²) in [6.45, 7) is 0. The second-order valence-corrected chi connectivity index (χ2v) is 15.9. The number of benzene rings is 9. The van der Waals surface area contributed by atoms with Gasteiger partial charge in [-0.05, 0) is 68.9 Å². The highest BCUT2D eigenvalue weighted by molar-refractivity contribution is 6.16. The summed E-state index contributed by atoms with van der Waals surface area (Å²) in [5.74, 6) is 0.680. The maximum atomic E-state index is 6.47. The molecule has 3 heterocycles. The summed E-state index contributed by atoms with van der Waals surface area (Å²) in [5, 5.41) is 5.75. The van der Waals surface area contributed by atoms with Gasteiger partial charge in [-0.2, -0.15) is 0 Å². The van der Waals surface area contributed by atoms with Crippen LogP contribution in [0.3, 0.4) is 0 Å². The summed E-state index contributed by atoms with van der Waals surface area (Å²) in [7, 11) is 0. The van der Waals surface area contributed by atoms with Gasteiger partial charge in [-0.3, -0.25) is 0 Å². The van der Waals surface area contributed by atoms with E-state index in [4.69, 9.17) is 19.4 Å². The van der Waals surface area contributed by atoms with Gasteiger partial charge in [0.05, 0.1) is 22.6 Å². The highest BCUT2D eigenvalue weighted by Gasteiger charge is 2.19. The molecule has 0 saturated heterocycles. The van der Waals surface area contributed by atoms with Gasteiger partial charge in [0.25, 0.3) is 0 Å². The van der Waals surface area contributed by atoms with Crippen molar-refractivity contribution < 1.29 is 4.42 Å². The van der Waals surface area contributed by atoms with Crippen molar-refractivity contribution >= 4 is 43.6 Å². The molecular formula is C59H37N3O. The van der Waals surface area contributed by atoms with Crippen molar-refractivity contribution in [1.29, 1.82) is 0 Å². The zero-order valence-corrected chi connectivity index (χ0v) is 34.1. The van der Waals surface area contributed by atoms with Crippen molar-refractivity contribution in [1.82, 2.24) is 15.0 Å². The molecule has 4 heteroatoms. The molecule has 0 unspecified atom stereocenters. The van der Waals surface area contributed by atoms with Crippen LogP contribution in [-0.2, 0) is 0 Å². The van der Waals surface area contributed by atoms with E-state index < -0.39 is 0 Å². The first kappa shape index (κ1) is 36.4. The number of nitrogens with zero attached hydrogens (tertiary/aromatic N) is 3. The molecule has 294 valence electrons. The number of rotatable bonds is 7. The standard InChI is InChI=1S/C59H37N3O/c1-4-14-38(15-5-1)49-36-51(60-50-34-32-39-16-10-11-21-46(39)57(49)50)43-26-28-44(29-27-43)56-47(33-35-55-58(56)48-22-12-13-23-54(48)63-55)40-24-30-45(31-25-40)59-61-52(41-17-6-2-7-18-41)37-53(62-59)42-19-8-3-9-20-42/h1-37H. The van der Waals surface area contributed by atoms with Gasteiger partial charge in [-0.15, -0.1) is 0 Å². The fourth-order valence-corrected chi connectivity index (χ4v) is 9.05. The monoisotopic (exact) mass is 803 g/mol. The van der Waals surface area contributed by atoms with Gasteiger partial charge in [0.2, 0.25) is 0 Å². The van der Waals surface area contributed by atoms with Crippen LogP contribution in [0, 0.1) is 0 Å². The van der Waals surface area contributed by atoms with E-state index in [-0.39, 0.29) is 0 Å². The number of fused-ring (bicyclic) bond motifs is 6. The van der Waals surface area contributed by atoms with E-state index in [0.29, 0.717) is 5.82 Å². The lowest BCUT2D eigenvalue weighted by Gasteiger charge is -2.15. The van der Waals surface area contributed by atoms with Crippen LogP contribution in [0.1, 0.15) is 0 Å². The van der Waals surface area contributed by atoms with Crippen LogP contribution in [0.2, 0.25) is 0 Å². The minimum atomic E-state index is 0.680. The van der Waals surface area contributed by atoms with Crippen LogP contribution in [0.25, 0.3) is 122 Å². The van der Waals surface area contributed by atoms with Crippen LogP contribution in [-0.4, -0.2) is 15.0 Å². The summed E-state index contributed by atoms with van der Waals surface area (Å²) < 4.78 is 6.47. The van der Waals surface area contributed by atoms with Crippen molar-refractivity contribution in [2.45, 2.75) is 0 Å². The number of hydrogen-bond acceptors (Lipinski definition) is 4. The SMILES string of the molecule is c1ccc(-c2cc(-c3ccccc3)nc(-c3ccc(-c4ccc5oc6ccccc6c5c4-c4ccc(-c5cc(-c6ccccc6)c6c(ccc7ccccc76)n5)cc4)cc3)n2)cc1. The average Bonchev–Trinajstić information content (AvgIpc) is 3.75. The lowest BCUT2D eigenvalue weighted by Crippen LogP contribution is -1.96. The molecule has 12 aromatic rings. The summed E-state index contributed by atoms with van der Waals surface area (Å²) in [4.78, 5) is 15.5. The zero-order valence-electron chi connectivity index (χ0n) is 34.1. The predicted octanol–water partition coefficient (Wildman–Crippen LogP) is 15.7. The number of para-hydroxylation sites is 1. The van der Waals surface area contributed by atoms with E-state index in [1.54, 1.807) is 0 Å². The molecule has 9 aromatic carbocycles. The average molecular weight is 804 g/mol. The van der Waals surface area contributed by atoms with Crippen LogP contribution in [0.15, 0.2) is 229 Å². The molecule has 0 atom stereocenters. The molecule has 3 aromatic heterocycles. The van der Waals surface area contributed by atoms with E-state index in [2.05, 4.69) is 176 Å². The molecule has 63 heavy (non-hydrogen) atoms. The van der Waals surface area contributed by atoms with E-state index in [1.165, 1.54) is 27.3 Å². The normalized spacial score (nSPS) is 11.5. The van der Waals surface area contributed by atoms with Gasteiger partial charge in [0, 0.05) is 44.0 Å². The number of pyridine rings is 1. The molecule has 4 nitrogen and oxygen atoms in total. The van der Waals surface area contributed by atoms with Crippen LogP contribution in [0.5, 0.6) is 0 Å². The topological polar surface area (TPSA) is 51.8 Å². The molecule has 12 rings (SSSR count). The smallest absolute Gasteiger partial charge is 0.160 e. The Labute approximate surface area is 364 Å². The second kappa shape index (κ2) is 15.2. The number of aromatic nitrogens is 3. The van der Waals surface area contributed by atoms with Crippen molar-refractivity contribution in [2.75, 3.05) is 0 Å². The third kappa shape index (κ3) is 6.53. The quantitative estimate of drug-likeness (QED) is 0.151. The van der Waals surface area contributed by atoms with Crippen LogP contribution in [0.4, 0.5) is 0 Å². The lowest BCUT2D eigenvalue weighted by molar-refractivity contribution is 0.669. The van der Waals surface area contributed by atoms with Gasteiger partial charge >= 0.3 is 0 Å². The minimum absolute atomic E-state index is 0.680. The van der Waals surface area contributed by atoms with Crippen LogP contribution < -0.4 is 0 Å². The first-order valence-corrected chi connectivity index (χ1v) is 21.3. The number of hydrogen-bond donors (Lipinski definition) is 0. The summed E-state index contributed by atoms with van der Waals surface area (Å²) >= 11 is 0. The Morgan fingerprint density at radius 3 is 1.52 bits per heavy atom. The predicted molar refractivity (Wildman–Crippen MR) is 260 cm³/mol. The lowest BCUT2D eigenvalue weighted by atomic mass is 9.89.